The summed E-state index contributed by atoms with van der Waals surface area (Å²) in [6.07, 6.45) is 7.23. The molecule has 0 aromatic heterocycles. The van der Waals surface area contributed by atoms with Gasteiger partial charge in [-0.25, -0.2) is 0 Å². The molecule has 0 atom stereocenters. The molecule has 1 aromatic carbocycles. The summed E-state index contributed by atoms with van der Waals surface area (Å²) in [5, 5.41) is 2.89. The summed E-state index contributed by atoms with van der Waals surface area (Å²) >= 11 is 0. The van der Waals surface area contributed by atoms with Gasteiger partial charge in [0.1, 0.15) is 0 Å². The van der Waals surface area contributed by atoms with Gasteiger partial charge in [-0.3, -0.25) is 9.79 Å². The topological polar surface area (TPSA) is 41.5 Å². The van der Waals surface area contributed by atoms with Crippen LogP contribution in [0.5, 0.6) is 0 Å². The van der Waals surface area contributed by atoms with Crippen molar-refractivity contribution < 1.29 is 4.79 Å². The molecule has 0 bridgehead atoms. The fourth-order valence-electron chi connectivity index (χ4n) is 1.81. The van der Waals surface area contributed by atoms with E-state index in [2.05, 4.69) is 16.4 Å². The Labute approximate surface area is 113 Å². The van der Waals surface area contributed by atoms with Crippen molar-refractivity contribution in [1.29, 1.82) is 0 Å². The van der Waals surface area contributed by atoms with Gasteiger partial charge in [-0.1, -0.05) is 42.0 Å². The highest BCUT2D eigenvalue weighted by Gasteiger charge is 2.04. The molecule has 1 aliphatic rings. The molecule has 0 saturated carbocycles. The number of nitrogens with one attached hydrogen (secondary N) is 1. The first kappa shape index (κ1) is 13.3. The molecule has 1 aliphatic heterocycles. The number of amides is 1. The number of carbonyl (C=O) groups excluding carboxylic acids is 1. The summed E-state index contributed by atoms with van der Waals surface area (Å²) < 4.78 is 0. The minimum absolute atomic E-state index is 0.0206. The van der Waals surface area contributed by atoms with Crippen molar-refractivity contribution in [3.8, 4) is 0 Å². The molecule has 19 heavy (non-hydrogen) atoms. The number of rotatable bonds is 4. The molecule has 0 radical (unpaired) electrons. The quantitative estimate of drug-likeness (QED) is 0.881. The average molecular weight is 254 g/mol. The Morgan fingerprint density at radius 3 is 2.89 bits per heavy atom. The molecule has 98 valence electrons. The van der Waals surface area contributed by atoms with Crippen molar-refractivity contribution >= 4 is 11.6 Å². The fraction of sp³-hybridized carbons (Fsp3) is 0.250. The Hall–Kier alpha value is -2.16. The molecule has 1 N–H and O–H groups in total. The zero-order chi connectivity index (χ0) is 13.5. The number of allylic oxidation sites excluding steroid dienone is 2. The first-order valence-corrected chi connectivity index (χ1v) is 6.43. The Bertz CT molecular complexity index is 527. The van der Waals surface area contributed by atoms with Crippen molar-refractivity contribution in [2.75, 3.05) is 6.54 Å². The smallest absolute Gasteiger partial charge is 0.224 e. The molecular weight excluding hydrogens is 236 g/mol. The lowest BCUT2D eigenvalue weighted by Gasteiger charge is -2.04. The minimum atomic E-state index is 0.0206. The van der Waals surface area contributed by atoms with Crippen LogP contribution in [-0.4, -0.2) is 18.2 Å². The van der Waals surface area contributed by atoms with Gasteiger partial charge in [-0.05, 0) is 25.0 Å². The summed E-state index contributed by atoms with van der Waals surface area (Å²) in [5.41, 5.74) is 3.13. The van der Waals surface area contributed by atoms with Crippen LogP contribution >= 0.6 is 0 Å². The van der Waals surface area contributed by atoms with Crippen LogP contribution in [0.25, 0.3) is 0 Å². The van der Waals surface area contributed by atoms with Gasteiger partial charge in [0.05, 0.1) is 18.7 Å². The zero-order valence-electron chi connectivity index (χ0n) is 11.1. The second kappa shape index (κ2) is 6.69. The predicted molar refractivity (Wildman–Crippen MR) is 78.1 cm³/mol. The van der Waals surface area contributed by atoms with Gasteiger partial charge in [-0.15, -0.1) is 0 Å². The van der Waals surface area contributed by atoms with E-state index in [0.29, 0.717) is 13.0 Å². The van der Waals surface area contributed by atoms with E-state index in [1.54, 1.807) is 0 Å². The molecule has 1 aromatic rings. The molecule has 3 heteroatoms. The van der Waals surface area contributed by atoms with Gasteiger partial charge >= 0.3 is 0 Å². The maximum Gasteiger partial charge on any atom is 0.224 e. The lowest BCUT2D eigenvalue weighted by molar-refractivity contribution is -0.120. The molecule has 2 rings (SSSR count). The molecule has 1 amide bonds. The number of hydrogen-bond acceptors (Lipinski definition) is 2. The van der Waals surface area contributed by atoms with E-state index in [9.17, 15) is 4.79 Å². The van der Waals surface area contributed by atoms with Crippen molar-refractivity contribution in [2.24, 2.45) is 4.99 Å². The van der Waals surface area contributed by atoms with E-state index in [4.69, 9.17) is 0 Å². The number of benzene rings is 1. The maximum atomic E-state index is 11.8. The second-order valence-corrected chi connectivity index (χ2v) is 4.64. The van der Waals surface area contributed by atoms with Gasteiger partial charge in [-0.2, -0.15) is 0 Å². The van der Waals surface area contributed by atoms with Crippen LogP contribution in [0.4, 0.5) is 0 Å². The number of aliphatic imine (C=N–C) groups is 1. The van der Waals surface area contributed by atoms with E-state index in [1.165, 1.54) is 5.57 Å². The third kappa shape index (κ3) is 4.54. The van der Waals surface area contributed by atoms with Gasteiger partial charge in [0, 0.05) is 6.20 Å². The number of nitrogens with zero attached hydrogens (tertiary/aromatic N) is 1. The van der Waals surface area contributed by atoms with Crippen molar-refractivity contribution in [3.05, 3.63) is 59.8 Å². The van der Waals surface area contributed by atoms with Crippen LogP contribution in [0.3, 0.4) is 0 Å². The summed E-state index contributed by atoms with van der Waals surface area (Å²) in [6.45, 7) is 2.52. The normalized spacial score (nSPS) is 14.4. The molecule has 0 unspecified atom stereocenters. The highest BCUT2D eigenvalue weighted by molar-refractivity contribution is 5.99. The zero-order valence-corrected chi connectivity index (χ0v) is 11.1. The summed E-state index contributed by atoms with van der Waals surface area (Å²) in [5.74, 6) is 0.0206. The molecule has 0 spiro atoms. The van der Waals surface area contributed by atoms with E-state index in [0.717, 1.165) is 17.7 Å². The summed E-state index contributed by atoms with van der Waals surface area (Å²) in [6, 6.07) is 9.73. The third-order valence-electron chi connectivity index (χ3n) is 2.88. The monoisotopic (exact) mass is 254 g/mol. The van der Waals surface area contributed by atoms with Crippen LogP contribution < -0.4 is 5.32 Å². The summed E-state index contributed by atoms with van der Waals surface area (Å²) in [7, 11) is 0. The van der Waals surface area contributed by atoms with Gasteiger partial charge in [0.25, 0.3) is 0 Å². The maximum absolute atomic E-state index is 11.8. The molecule has 3 nitrogen and oxygen atoms in total. The summed E-state index contributed by atoms with van der Waals surface area (Å²) in [4.78, 5) is 16.1. The van der Waals surface area contributed by atoms with Crippen LogP contribution in [0.2, 0.25) is 0 Å². The first-order chi connectivity index (χ1) is 9.24. The SMILES string of the molecule is CC1=CN=C(CNC(=O)Cc2ccccc2)C=CC1. The van der Waals surface area contributed by atoms with Crippen molar-refractivity contribution in [1.82, 2.24) is 5.32 Å². The van der Waals surface area contributed by atoms with Gasteiger partial charge in [0.2, 0.25) is 5.91 Å². The molecule has 1 heterocycles. The number of carbonyl (C=O) groups is 1. The van der Waals surface area contributed by atoms with Crippen LogP contribution in [0.15, 0.2) is 59.2 Å². The fourth-order valence-corrected chi connectivity index (χ4v) is 1.81. The largest absolute Gasteiger partial charge is 0.350 e. The molecule has 0 saturated heterocycles. The second-order valence-electron chi connectivity index (χ2n) is 4.64. The van der Waals surface area contributed by atoms with Crippen LogP contribution in [0, 0.1) is 0 Å². The lowest BCUT2D eigenvalue weighted by Crippen LogP contribution is -2.30. The van der Waals surface area contributed by atoms with Crippen molar-refractivity contribution in [3.63, 3.8) is 0 Å². The predicted octanol–water partition coefficient (Wildman–Crippen LogP) is 2.65. The lowest BCUT2D eigenvalue weighted by atomic mass is 10.1. The van der Waals surface area contributed by atoms with Crippen molar-refractivity contribution in [2.45, 2.75) is 19.8 Å². The first-order valence-electron chi connectivity index (χ1n) is 6.43. The van der Waals surface area contributed by atoms with E-state index in [-0.39, 0.29) is 5.91 Å². The number of hydrogen-bond donors (Lipinski definition) is 1. The average Bonchev–Trinajstić information content (AvgIpc) is 2.62. The standard InChI is InChI=1S/C16H18N2O/c1-13-6-5-9-15(17-11-13)12-18-16(19)10-14-7-3-2-4-8-14/h2-5,7-9,11H,6,10,12H2,1H3,(H,18,19). The Morgan fingerprint density at radius 2 is 2.11 bits per heavy atom. The van der Waals surface area contributed by atoms with E-state index >= 15 is 0 Å². The third-order valence-corrected chi connectivity index (χ3v) is 2.88. The highest BCUT2D eigenvalue weighted by atomic mass is 16.1. The molecule has 0 fully saturated rings. The van der Waals surface area contributed by atoms with E-state index in [1.807, 2.05) is 49.5 Å². The minimum Gasteiger partial charge on any atom is -0.350 e. The van der Waals surface area contributed by atoms with Gasteiger partial charge in [0.15, 0.2) is 0 Å². The highest BCUT2D eigenvalue weighted by Crippen LogP contribution is 2.05. The van der Waals surface area contributed by atoms with E-state index < -0.39 is 0 Å². The molecule has 0 aliphatic carbocycles. The Morgan fingerprint density at radius 1 is 1.32 bits per heavy atom. The van der Waals surface area contributed by atoms with Crippen LogP contribution in [0.1, 0.15) is 18.9 Å². The molecular formula is C16H18N2O. The van der Waals surface area contributed by atoms with Crippen LogP contribution in [-0.2, 0) is 11.2 Å². The van der Waals surface area contributed by atoms with Gasteiger partial charge < -0.3 is 5.32 Å². The Balaban J connectivity index is 1.84. The Kier molecular flexibility index (Phi) is 4.67.